The summed E-state index contributed by atoms with van der Waals surface area (Å²) in [7, 11) is -8.31. The van der Waals surface area contributed by atoms with Crippen LogP contribution in [0.5, 0.6) is 0 Å². The molecule has 0 fully saturated rings. The summed E-state index contributed by atoms with van der Waals surface area (Å²) in [6, 6.07) is 6.47. The van der Waals surface area contributed by atoms with E-state index in [-0.39, 0.29) is 10.6 Å². The molecule has 0 unspecified atom stereocenters. The number of nitrogens with one attached hydrogen (secondary N) is 1. The zero-order valence-electron chi connectivity index (χ0n) is 12.1. The Balaban J connectivity index is 2.37. The van der Waals surface area contributed by atoms with Gasteiger partial charge in [-0.3, -0.25) is 4.72 Å². The third-order valence-electron chi connectivity index (χ3n) is 2.99. The van der Waals surface area contributed by atoms with Crippen molar-refractivity contribution in [1.29, 1.82) is 0 Å². The van der Waals surface area contributed by atoms with Crippen LogP contribution in [-0.2, 0) is 26.2 Å². The van der Waals surface area contributed by atoms with Gasteiger partial charge in [-0.1, -0.05) is 11.6 Å². The van der Waals surface area contributed by atoms with Gasteiger partial charge in [0.15, 0.2) is 0 Å². The molecular formula is C13H10ClF3N2O4S2. The molecule has 0 aromatic heterocycles. The number of nitrogens with two attached hydrogens (primary N) is 1. The maximum Gasteiger partial charge on any atom is 0.417 e. The van der Waals surface area contributed by atoms with E-state index in [1.54, 1.807) is 0 Å². The molecule has 0 aliphatic carbocycles. The molecule has 0 saturated heterocycles. The lowest BCUT2D eigenvalue weighted by atomic mass is 10.2. The number of rotatable bonds is 4. The van der Waals surface area contributed by atoms with Crippen molar-refractivity contribution in [3.05, 3.63) is 53.1 Å². The molecule has 136 valence electrons. The van der Waals surface area contributed by atoms with E-state index in [0.717, 1.165) is 36.4 Å². The van der Waals surface area contributed by atoms with E-state index in [0.29, 0.717) is 6.07 Å². The third kappa shape index (κ3) is 4.63. The Hall–Kier alpha value is -1.82. The van der Waals surface area contributed by atoms with Gasteiger partial charge in [0, 0.05) is 5.69 Å². The predicted octanol–water partition coefficient (Wildman–Crippen LogP) is 2.81. The van der Waals surface area contributed by atoms with Gasteiger partial charge in [0.25, 0.3) is 10.0 Å². The fourth-order valence-corrected chi connectivity index (χ4v) is 3.64. The molecule has 0 bridgehead atoms. The Labute approximate surface area is 146 Å². The molecule has 0 saturated carbocycles. The van der Waals surface area contributed by atoms with E-state index < -0.39 is 41.7 Å². The van der Waals surface area contributed by atoms with Crippen LogP contribution in [0.3, 0.4) is 0 Å². The maximum atomic E-state index is 12.8. The van der Waals surface area contributed by atoms with E-state index in [1.807, 2.05) is 4.72 Å². The second kappa shape index (κ2) is 6.48. The summed E-state index contributed by atoms with van der Waals surface area (Å²) in [6.45, 7) is 0. The monoisotopic (exact) mass is 414 g/mol. The van der Waals surface area contributed by atoms with E-state index >= 15 is 0 Å². The van der Waals surface area contributed by atoms with E-state index in [2.05, 4.69) is 0 Å². The van der Waals surface area contributed by atoms with Gasteiger partial charge in [0.2, 0.25) is 10.0 Å². The summed E-state index contributed by atoms with van der Waals surface area (Å²) in [5.41, 5.74) is -1.35. The van der Waals surface area contributed by atoms with Gasteiger partial charge in [0.1, 0.15) is 0 Å². The zero-order chi connectivity index (χ0) is 19.0. The van der Waals surface area contributed by atoms with E-state index in [1.165, 1.54) is 0 Å². The highest BCUT2D eigenvalue weighted by Gasteiger charge is 2.34. The second-order valence-corrected chi connectivity index (χ2v) is 8.47. The molecule has 0 aliphatic heterocycles. The minimum atomic E-state index is -4.82. The van der Waals surface area contributed by atoms with Crippen LogP contribution in [0.25, 0.3) is 0 Å². The van der Waals surface area contributed by atoms with Gasteiger partial charge in [-0.25, -0.2) is 22.0 Å². The van der Waals surface area contributed by atoms with E-state index in [9.17, 15) is 30.0 Å². The number of hydrogen-bond donors (Lipinski definition) is 2. The molecule has 3 N–H and O–H groups in total. The largest absolute Gasteiger partial charge is 0.417 e. The van der Waals surface area contributed by atoms with Crippen LogP contribution in [0.2, 0.25) is 5.02 Å². The van der Waals surface area contributed by atoms with Gasteiger partial charge < -0.3 is 0 Å². The first kappa shape index (κ1) is 19.5. The van der Waals surface area contributed by atoms with E-state index in [4.69, 9.17) is 16.7 Å². The lowest BCUT2D eigenvalue weighted by molar-refractivity contribution is -0.137. The molecule has 0 amide bonds. The number of halogens is 4. The van der Waals surface area contributed by atoms with Crippen molar-refractivity contribution in [3.63, 3.8) is 0 Å². The standard InChI is InChI=1S/C13H10ClF3N2O4S2/c14-12-6-5-10(7-11(12)13(15,16)17)25(22,23)19-8-1-3-9(4-2-8)24(18,20)21/h1-7,19H,(H2,18,20,21). The minimum Gasteiger partial charge on any atom is -0.280 e. The van der Waals surface area contributed by atoms with Crippen molar-refractivity contribution in [3.8, 4) is 0 Å². The quantitative estimate of drug-likeness (QED) is 0.802. The van der Waals surface area contributed by atoms with Gasteiger partial charge in [-0.15, -0.1) is 0 Å². The first-order valence-corrected chi connectivity index (χ1v) is 9.74. The van der Waals surface area contributed by atoms with Gasteiger partial charge >= 0.3 is 6.18 Å². The Morgan fingerprint density at radius 2 is 1.44 bits per heavy atom. The Kier molecular flexibility index (Phi) is 5.06. The Bertz CT molecular complexity index is 1000. The zero-order valence-corrected chi connectivity index (χ0v) is 14.5. The van der Waals surface area contributed by atoms with Crippen molar-refractivity contribution in [1.82, 2.24) is 0 Å². The van der Waals surface area contributed by atoms with Gasteiger partial charge in [-0.2, -0.15) is 13.2 Å². The Morgan fingerprint density at radius 1 is 0.920 bits per heavy atom. The second-order valence-electron chi connectivity index (χ2n) is 4.81. The SMILES string of the molecule is NS(=O)(=O)c1ccc(NS(=O)(=O)c2ccc(Cl)c(C(F)(F)F)c2)cc1. The smallest absolute Gasteiger partial charge is 0.280 e. The molecule has 0 aliphatic rings. The number of benzene rings is 2. The third-order valence-corrected chi connectivity index (χ3v) is 5.63. The average molecular weight is 415 g/mol. The molecule has 0 spiro atoms. The molecule has 0 atom stereocenters. The average Bonchev–Trinajstić information content (AvgIpc) is 2.45. The van der Waals surface area contributed by atoms with Gasteiger partial charge in [-0.05, 0) is 42.5 Å². The summed E-state index contributed by atoms with van der Waals surface area (Å²) in [5, 5.41) is 4.28. The topological polar surface area (TPSA) is 106 Å². The summed E-state index contributed by atoms with van der Waals surface area (Å²) in [4.78, 5) is -0.902. The molecule has 2 aromatic carbocycles. The fourth-order valence-electron chi connectivity index (χ4n) is 1.82. The van der Waals surface area contributed by atoms with Crippen LogP contribution >= 0.6 is 11.6 Å². The first-order valence-electron chi connectivity index (χ1n) is 6.33. The number of sulfonamides is 2. The van der Waals surface area contributed by atoms with Crippen molar-refractivity contribution in [2.75, 3.05) is 4.72 Å². The predicted molar refractivity (Wildman–Crippen MR) is 85.1 cm³/mol. The van der Waals surface area contributed by atoms with Crippen molar-refractivity contribution in [2.45, 2.75) is 16.0 Å². The highest BCUT2D eigenvalue weighted by atomic mass is 35.5. The highest BCUT2D eigenvalue weighted by molar-refractivity contribution is 7.92. The molecule has 2 rings (SSSR count). The summed E-state index contributed by atoms with van der Waals surface area (Å²) >= 11 is 5.45. The van der Waals surface area contributed by atoms with Crippen LogP contribution < -0.4 is 9.86 Å². The number of primary sulfonamides is 1. The minimum absolute atomic E-state index is 0.0593. The summed E-state index contributed by atoms with van der Waals surface area (Å²) in [5.74, 6) is 0. The summed E-state index contributed by atoms with van der Waals surface area (Å²) in [6.07, 6.45) is -4.82. The molecule has 0 heterocycles. The first-order chi connectivity index (χ1) is 11.3. The Morgan fingerprint density at radius 3 is 1.92 bits per heavy atom. The number of alkyl halides is 3. The van der Waals surface area contributed by atoms with Crippen molar-refractivity contribution < 1.29 is 30.0 Å². The normalized spacial score (nSPS) is 12.8. The van der Waals surface area contributed by atoms with Crippen LogP contribution in [-0.4, -0.2) is 16.8 Å². The number of hydrogen-bond acceptors (Lipinski definition) is 4. The molecule has 2 aromatic rings. The van der Waals surface area contributed by atoms with Gasteiger partial charge in [0.05, 0.1) is 20.4 Å². The highest BCUT2D eigenvalue weighted by Crippen LogP contribution is 2.36. The van der Waals surface area contributed by atoms with Crippen molar-refractivity contribution >= 4 is 37.3 Å². The van der Waals surface area contributed by atoms with Crippen LogP contribution in [0.1, 0.15) is 5.56 Å². The van der Waals surface area contributed by atoms with Crippen molar-refractivity contribution in [2.24, 2.45) is 5.14 Å². The summed E-state index contributed by atoms with van der Waals surface area (Å²) < 4.78 is 87.2. The van der Waals surface area contributed by atoms with Crippen LogP contribution in [0.15, 0.2) is 52.3 Å². The molecular weight excluding hydrogens is 405 g/mol. The molecule has 12 heteroatoms. The molecule has 6 nitrogen and oxygen atoms in total. The molecule has 25 heavy (non-hydrogen) atoms. The lowest BCUT2D eigenvalue weighted by Gasteiger charge is -2.12. The fraction of sp³-hybridized carbons (Fsp3) is 0.0769. The molecule has 0 radical (unpaired) electrons. The van der Waals surface area contributed by atoms with Crippen LogP contribution in [0.4, 0.5) is 18.9 Å². The number of anilines is 1. The van der Waals surface area contributed by atoms with Crippen LogP contribution in [0, 0.1) is 0 Å². The maximum absolute atomic E-state index is 12.8. The lowest BCUT2D eigenvalue weighted by Crippen LogP contribution is -2.15.